The highest BCUT2D eigenvalue weighted by Crippen LogP contribution is 2.46. The molecule has 3 rings (SSSR count). The molecule has 136 valence electrons. The molecular weight excluding hydrogens is 349 g/mol. The average molecular weight is 364 g/mol. The minimum atomic E-state index is -4.90. The van der Waals surface area contributed by atoms with E-state index in [9.17, 15) is 23.1 Å². The highest BCUT2D eigenvalue weighted by molar-refractivity contribution is 5.96. The van der Waals surface area contributed by atoms with Crippen molar-refractivity contribution in [3.63, 3.8) is 0 Å². The van der Waals surface area contributed by atoms with Gasteiger partial charge in [-0.2, -0.15) is 13.2 Å². The zero-order chi connectivity index (χ0) is 18.9. The molecule has 0 saturated carbocycles. The molecule has 1 N–H and O–H groups in total. The smallest absolute Gasteiger partial charge is 0.432 e. The summed E-state index contributed by atoms with van der Waals surface area (Å²) in [6.07, 6.45) is -3.90. The molecular formula is C19H15F3O4. The SMILES string of the molecule is CC1(C(F)(F)F)Oc2c(cccc2COc2ccccc2)C=C1C(=O)O. The molecule has 2 aromatic carbocycles. The van der Waals surface area contributed by atoms with Crippen LogP contribution in [0.5, 0.6) is 11.5 Å². The maximum absolute atomic E-state index is 13.6. The van der Waals surface area contributed by atoms with E-state index in [0.717, 1.165) is 6.08 Å². The standard InChI is InChI=1S/C19H15F3O4/c1-18(19(20,21)22)15(17(23)24)10-12-6-5-7-13(16(12)26-18)11-25-14-8-3-2-4-9-14/h2-10H,11H2,1H3,(H,23,24). The van der Waals surface area contributed by atoms with Crippen LogP contribution in [-0.4, -0.2) is 22.9 Å². The Morgan fingerprint density at radius 1 is 1.15 bits per heavy atom. The van der Waals surface area contributed by atoms with E-state index >= 15 is 0 Å². The highest BCUT2D eigenvalue weighted by atomic mass is 19.4. The Hall–Kier alpha value is -2.96. The summed E-state index contributed by atoms with van der Waals surface area (Å²) >= 11 is 0. The fraction of sp³-hybridized carbons (Fsp3) is 0.211. The molecule has 7 heteroatoms. The predicted octanol–water partition coefficient (Wildman–Crippen LogP) is 4.45. The summed E-state index contributed by atoms with van der Waals surface area (Å²) in [6, 6.07) is 13.5. The van der Waals surface area contributed by atoms with Crippen molar-refractivity contribution in [1.82, 2.24) is 0 Å². The van der Waals surface area contributed by atoms with Crippen LogP contribution < -0.4 is 9.47 Å². The second-order valence-electron chi connectivity index (χ2n) is 5.93. The minimum Gasteiger partial charge on any atom is -0.489 e. The Labute approximate surface area is 147 Å². The van der Waals surface area contributed by atoms with Gasteiger partial charge in [-0.25, -0.2) is 4.79 Å². The van der Waals surface area contributed by atoms with E-state index in [2.05, 4.69) is 0 Å². The Kier molecular flexibility index (Phi) is 4.39. The lowest BCUT2D eigenvalue weighted by atomic mass is 9.89. The zero-order valence-corrected chi connectivity index (χ0v) is 13.7. The molecule has 0 saturated heterocycles. The molecule has 0 aromatic heterocycles. The number of alkyl halides is 3. The number of hydrogen-bond donors (Lipinski definition) is 1. The van der Waals surface area contributed by atoms with Crippen molar-refractivity contribution in [2.75, 3.05) is 0 Å². The van der Waals surface area contributed by atoms with Gasteiger partial charge in [-0.1, -0.05) is 36.4 Å². The molecule has 0 fully saturated rings. The first-order chi connectivity index (χ1) is 12.2. The number of hydrogen-bond acceptors (Lipinski definition) is 3. The van der Waals surface area contributed by atoms with Crippen LogP contribution in [0.1, 0.15) is 18.1 Å². The van der Waals surface area contributed by atoms with Crippen LogP contribution in [-0.2, 0) is 11.4 Å². The quantitative estimate of drug-likeness (QED) is 0.871. The maximum atomic E-state index is 13.6. The summed E-state index contributed by atoms with van der Waals surface area (Å²) in [6.45, 7) is 0.697. The van der Waals surface area contributed by atoms with E-state index in [-0.39, 0.29) is 17.9 Å². The third-order valence-electron chi connectivity index (χ3n) is 4.16. The molecule has 0 amide bonds. The number of ether oxygens (including phenoxy) is 2. The lowest BCUT2D eigenvalue weighted by Crippen LogP contribution is -2.52. The second-order valence-corrected chi connectivity index (χ2v) is 5.93. The van der Waals surface area contributed by atoms with Crippen molar-refractivity contribution in [1.29, 1.82) is 0 Å². The van der Waals surface area contributed by atoms with Crippen LogP contribution >= 0.6 is 0 Å². The Bertz CT molecular complexity index is 859. The Balaban J connectivity index is 2.00. The molecule has 1 unspecified atom stereocenters. The molecule has 26 heavy (non-hydrogen) atoms. The lowest BCUT2D eigenvalue weighted by molar-refractivity contribution is -0.228. The van der Waals surface area contributed by atoms with E-state index in [1.165, 1.54) is 6.07 Å². The number of benzene rings is 2. The van der Waals surface area contributed by atoms with Crippen molar-refractivity contribution >= 4 is 12.0 Å². The summed E-state index contributed by atoms with van der Waals surface area (Å²) in [5.74, 6) is -1.16. The van der Waals surface area contributed by atoms with E-state index in [4.69, 9.17) is 9.47 Å². The number of aliphatic carboxylic acids is 1. The Morgan fingerprint density at radius 2 is 1.85 bits per heavy atom. The predicted molar refractivity (Wildman–Crippen MR) is 87.9 cm³/mol. The van der Waals surface area contributed by atoms with Crippen LogP contribution in [0.15, 0.2) is 54.1 Å². The van der Waals surface area contributed by atoms with Crippen LogP contribution in [0.25, 0.3) is 6.08 Å². The largest absolute Gasteiger partial charge is 0.489 e. The molecule has 0 aliphatic carbocycles. The zero-order valence-electron chi connectivity index (χ0n) is 13.7. The molecule has 1 heterocycles. The van der Waals surface area contributed by atoms with Gasteiger partial charge >= 0.3 is 12.1 Å². The number of rotatable bonds is 4. The van der Waals surface area contributed by atoms with E-state index in [1.807, 2.05) is 6.07 Å². The molecule has 4 nitrogen and oxygen atoms in total. The number of halogens is 3. The number of carboxylic acid groups (broad SMARTS) is 1. The molecule has 1 atom stereocenters. The minimum absolute atomic E-state index is 0.0165. The molecule has 0 radical (unpaired) electrons. The van der Waals surface area contributed by atoms with Gasteiger partial charge in [0.1, 0.15) is 18.1 Å². The fourth-order valence-electron chi connectivity index (χ4n) is 2.66. The normalized spacial score (nSPS) is 19.2. The van der Waals surface area contributed by atoms with Crippen LogP contribution in [0.2, 0.25) is 0 Å². The molecule has 1 aliphatic heterocycles. The van der Waals surface area contributed by atoms with Gasteiger partial charge in [-0.3, -0.25) is 0 Å². The van der Waals surface area contributed by atoms with Crippen LogP contribution in [0.3, 0.4) is 0 Å². The van der Waals surface area contributed by atoms with Crippen molar-refractivity contribution < 1.29 is 32.5 Å². The van der Waals surface area contributed by atoms with Gasteiger partial charge in [0, 0.05) is 11.1 Å². The van der Waals surface area contributed by atoms with Gasteiger partial charge in [0.05, 0.1) is 5.57 Å². The first-order valence-corrected chi connectivity index (χ1v) is 7.73. The summed E-state index contributed by atoms with van der Waals surface area (Å²) in [4.78, 5) is 11.3. The summed E-state index contributed by atoms with van der Waals surface area (Å²) in [5.41, 5.74) is -3.16. The third kappa shape index (κ3) is 3.12. The van der Waals surface area contributed by atoms with Crippen molar-refractivity contribution in [3.05, 3.63) is 65.2 Å². The summed E-state index contributed by atoms with van der Waals surface area (Å²) in [7, 11) is 0. The fourth-order valence-corrected chi connectivity index (χ4v) is 2.66. The van der Waals surface area contributed by atoms with Crippen molar-refractivity contribution in [2.24, 2.45) is 0 Å². The van der Waals surface area contributed by atoms with Gasteiger partial charge in [-0.05, 0) is 25.1 Å². The summed E-state index contributed by atoms with van der Waals surface area (Å²) < 4.78 is 51.5. The lowest BCUT2D eigenvalue weighted by Gasteiger charge is -2.37. The maximum Gasteiger partial charge on any atom is 0.432 e. The topological polar surface area (TPSA) is 55.8 Å². The van der Waals surface area contributed by atoms with E-state index < -0.39 is 23.3 Å². The van der Waals surface area contributed by atoms with Gasteiger partial charge in [0.25, 0.3) is 0 Å². The molecule has 0 spiro atoms. The highest BCUT2D eigenvalue weighted by Gasteiger charge is 2.59. The van der Waals surface area contributed by atoms with Crippen LogP contribution in [0, 0.1) is 0 Å². The van der Waals surface area contributed by atoms with Gasteiger partial charge in [-0.15, -0.1) is 0 Å². The van der Waals surface area contributed by atoms with E-state index in [1.54, 1.807) is 36.4 Å². The summed E-state index contributed by atoms with van der Waals surface area (Å²) in [5, 5.41) is 9.21. The first-order valence-electron chi connectivity index (χ1n) is 7.73. The molecule has 0 bridgehead atoms. The Morgan fingerprint density at radius 3 is 2.46 bits per heavy atom. The van der Waals surface area contributed by atoms with E-state index in [0.29, 0.717) is 18.2 Å². The first kappa shape index (κ1) is 17.8. The second kappa shape index (κ2) is 6.40. The number of fused-ring (bicyclic) bond motifs is 1. The molecule has 2 aromatic rings. The van der Waals surface area contributed by atoms with Crippen molar-refractivity contribution in [3.8, 4) is 11.5 Å². The van der Waals surface area contributed by atoms with Crippen LogP contribution in [0.4, 0.5) is 13.2 Å². The van der Waals surface area contributed by atoms with Gasteiger partial charge in [0.2, 0.25) is 5.60 Å². The van der Waals surface area contributed by atoms with Gasteiger partial charge < -0.3 is 14.6 Å². The number of carboxylic acids is 1. The number of para-hydroxylation sites is 2. The van der Waals surface area contributed by atoms with Crippen molar-refractivity contribution in [2.45, 2.75) is 25.3 Å². The van der Waals surface area contributed by atoms with Gasteiger partial charge in [0.15, 0.2) is 0 Å². The monoisotopic (exact) mass is 364 g/mol. The third-order valence-corrected chi connectivity index (χ3v) is 4.16. The number of carbonyl (C=O) groups is 1. The average Bonchev–Trinajstić information content (AvgIpc) is 2.59. The molecule has 1 aliphatic rings.